The minimum atomic E-state index is 0.232. The summed E-state index contributed by atoms with van der Waals surface area (Å²) >= 11 is 0. The zero-order valence-electron chi connectivity index (χ0n) is 14.4. The van der Waals surface area contributed by atoms with Gasteiger partial charge in [-0.1, -0.05) is 29.4 Å². The van der Waals surface area contributed by atoms with Crippen LogP contribution < -0.4 is 0 Å². The molecule has 0 spiro atoms. The van der Waals surface area contributed by atoms with Crippen molar-refractivity contribution in [2.24, 2.45) is 0 Å². The molecule has 5 rings (SSSR count). The zero-order chi connectivity index (χ0) is 16.8. The highest BCUT2D eigenvalue weighted by molar-refractivity contribution is 5.78. The average molecular weight is 337 g/mol. The predicted octanol–water partition coefficient (Wildman–Crippen LogP) is 3.56. The SMILES string of the molecule is O=C(CCc1nc(C2CC2)no1)N(C1CC1)[C@@H]1CCc2ccccc21. The van der Waals surface area contributed by atoms with Crippen LogP contribution in [0.15, 0.2) is 28.8 Å². The fourth-order valence-corrected chi connectivity index (χ4v) is 4.03. The maximum atomic E-state index is 13.0. The molecule has 5 heteroatoms. The summed E-state index contributed by atoms with van der Waals surface area (Å²) in [4.78, 5) is 19.6. The number of nitrogens with zero attached hydrogens (tertiary/aromatic N) is 3. The Morgan fingerprint density at radius 2 is 2.00 bits per heavy atom. The Morgan fingerprint density at radius 1 is 1.16 bits per heavy atom. The fourth-order valence-electron chi connectivity index (χ4n) is 4.03. The van der Waals surface area contributed by atoms with Crippen LogP contribution in [0.25, 0.3) is 0 Å². The molecule has 0 aliphatic heterocycles. The van der Waals surface area contributed by atoms with E-state index in [1.807, 2.05) is 0 Å². The number of aryl methyl sites for hydroxylation is 2. The van der Waals surface area contributed by atoms with Gasteiger partial charge >= 0.3 is 0 Å². The molecule has 130 valence electrons. The van der Waals surface area contributed by atoms with Gasteiger partial charge in [0.2, 0.25) is 11.8 Å². The zero-order valence-corrected chi connectivity index (χ0v) is 14.4. The molecule has 5 nitrogen and oxygen atoms in total. The largest absolute Gasteiger partial charge is 0.339 e. The lowest BCUT2D eigenvalue weighted by molar-refractivity contribution is -0.134. The summed E-state index contributed by atoms with van der Waals surface area (Å²) in [6.07, 6.45) is 7.73. The third-order valence-corrected chi connectivity index (χ3v) is 5.64. The Kier molecular flexibility index (Phi) is 3.61. The molecule has 0 saturated heterocycles. The molecule has 1 amide bonds. The molecule has 0 radical (unpaired) electrons. The summed E-state index contributed by atoms with van der Waals surface area (Å²) in [5.74, 6) is 2.16. The van der Waals surface area contributed by atoms with Crippen molar-refractivity contribution >= 4 is 5.91 Å². The topological polar surface area (TPSA) is 59.2 Å². The molecular weight excluding hydrogens is 314 g/mol. The van der Waals surface area contributed by atoms with E-state index in [2.05, 4.69) is 39.3 Å². The number of hydrogen-bond acceptors (Lipinski definition) is 4. The van der Waals surface area contributed by atoms with Crippen molar-refractivity contribution in [3.63, 3.8) is 0 Å². The molecule has 1 atom stereocenters. The first kappa shape index (κ1) is 15.1. The lowest BCUT2D eigenvalue weighted by Crippen LogP contribution is -2.36. The van der Waals surface area contributed by atoms with Gasteiger partial charge in [-0.05, 0) is 49.7 Å². The molecule has 2 saturated carbocycles. The van der Waals surface area contributed by atoms with E-state index in [1.54, 1.807) is 0 Å². The van der Waals surface area contributed by atoms with E-state index in [0.717, 1.165) is 44.3 Å². The number of rotatable bonds is 6. The second-order valence-corrected chi connectivity index (χ2v) is 7.61. The maximum Gasteiger partial charge on any atom is 0.227 e. The van der Waals surface area contributed by atoms with E-state index in [0.29, 0.717) is 30.7 Å². The van der Waals surface area contributed by atoms with Gasteiger partial charge in [-0.3, -0.25) is 4.79 Å². The summed E-state index contributed by atoms with van der Waals surface area (Å²) in [5.41, 5.74) is 2.74. The third-order valence-electron chi connectivity index (χ3n) is 5.64. The van der Waals surface area contributed by atoms with Crippen molar-refractivity contribution in [2.45, 2.75) is 69.4 Å². The number of carbonyl (C=O) groups excluding carboxylic acids is 1. The molecule has 2 fully saturated rings. The minimum absolute atomic E-state index is 0.232. The summed E-state index contributed by atoms with van der Waals surface area (Å²) in [6.45, 7) is 0. The van der Waals surface area contributed by atoms with Crippen LogP contribution in [0.1, 0.15) is 73.3 Å². The summed E-state index contributed by atoms with van der Waals surface area (Å²) in [6, 6.07) is 9.25. The standard InChI is InChI=1S/C20H23N3O2/c24-19(12-11-18-21-20(22-25-18)14-5-6-14)23(15-8-9-15)17-10-7-13-3-1-2-4-16(13)17/h1-4,14-15,17H,5-12H2/t17-/m1/s1. The first-order valence-corrected chi connectivity index (χ1v) is 9.51. The number of carbonyl (C=O) groups is 1. The first-order chi connectivity index (χ1) is 12.3. The van der Waals surface area contributed by atoms with Crippen molar-refractivity contribution in [2.75, 3.05) is 0 Å². The Hall–Kier alpha value is -2.17. The van der Waals surface area contributed by atoms with Crippen molar-refractivity contribution in [3.8, 4) is 0 Å². The molecule has 3 aliphatic rings. The van der Waals surface area contributed by atoms with Crippen molar-refractivity contribution in [1.29, 1.82) is 0 Å². The number of hydrogen-bond donors (Lipinski definition) is 0. The molecule has 2 aromatic rings. The molecule has 1 aromatic heterocycles. The van der Waals surface area contributed by atoms with Crippen molar-refractivity contribution < 1.29 is 9.32 Å². The molecule has 25 heavy (non-hydrogen) atoms. The van der Waals surface area contributed by atoms with Crippen molar-refractivity contribution in [1.82, 2.24) is 15.0 Å². The second kappa shape index (κ2) is 5.97. The van der Waals surface area contributed by atoms with Crippen LogP contribution in [0.3, 0.4) is 0 Å². The molecular formula is C20H23N3O2. The van der Waals surface area contributed by atoms with Gasteiger partial charge in [-0.2, -0.15) is 4.98 Å². The minimum Gasteiger partial charge on any atom is -0.339 e. The molecule has 0 bridgehead atoms. The van der Waals surface area contributed by atoms with E-state index < -0.39 is 0 Å². The summed E-state index contributed by atoms with van der Waals surface area (Å²) in [7, 11) is 0. The van der Waals surface area contributed by atoms with Crippen LogP contribution in [0.2, 0.25) is 0 Å². The van der Waals surface area contributed by atoms with E-state index in [9.17, 15) is 4.79 Å². The number of amides is 1. The number of benzene rings is 1. The quantitative estimate of drug-likeness (QED) is 0.809. The Labute approximate surface area is 147 Å². The van der Waals surface area contributed by atoms with Crippen LogP contribution in [-0.2, 0) is 17.6 Å². The monoisotopic (exact) mass is 337 g/mol. The number of fused-ring (bicyclic) bond motifs is 1. The number of aromatic nitrogens is 2. The van der Waals surface area contributed by atoms with Gasteiger partial charge in [0.15, 0.2) is 5.82 Å². The molecule has 0 unspecified atom stereocenters. The Balaban J connectivity index is 1.28. The van der Waals surface area contributed by atoms with E-state index in [1.165, 1.54) is 11.1 Å². The molecule has 1 aromatic carbocycles. The van der Waals surface area contributed by atoms with Gasteiger partial charge in [-0.15, -0.1) is 0 Å². The highest BCUT2D eigenvalue weighted by Gasteiger charge is 2.40. The lowest BCUT2D eigenvalue weighted by Gasteiger charge is -2.30. The van der Waals surface area contributed by atoms with E-state index >= 15 is 0 Å². The van der Waals surface area contributed by atoms with Crippen molar-refractivity contribution in [3.05, 3.63) is 47.1 Å². The lowest BCUT2D eigenvalue weighted by atomic mass is 10.1. The van der Waals surface area contributed by atoms with Gasteiger partial charge < -0.3 is 9.42 Å². The average Bonchev–Trinajstić information content (AvgIpc) is 3.56. The van der Waals surface area contributed by atoms with Gasteiger partial charge in [0.1, 0.15) is 0 Å². The third kappa shape index (κ3) is 2.96. The van der Waals surface area contributed by atoms with Gasteiger partial charge in [0.05, 0.1) is 6.04 Å². The van der Waals surface area contributed by atoms with Crippen LogP contribution in [-0.4, -0.2) is 27.0 Å². The van der Waals surface area contributed by atoms with Crippen LogP contribution in [0.4, 0.5) is 0 Å². The maximum absolute atomic E-state index is 13.0. The highest BCUT2D eigenvalue weighted by atomic mass is 16.5. The highest BCUT2D eigenvalue weighted by Crippen LogP contribution is 2.42. The normalized spacial score (nSPS) is 22.0. The van der Waals surface area contributed by atoms with Gasteiger partial charge in [0.25, 0.3) is 0 Å². The van der Waals surface area contributed by atoms with Gasteiger partial charge in [-0.25, -0.2) is 0 Å². The van der Waals surface area contributed by atoms with Crippen LogP contribution >= 0.6 is 0 Å². The fraction of sp³-hybridized carbons (Fsp3) is 0.550. The summed E-state index contributed by atoms with van der Waals surface area (Å²) < 4.78 is 5.32. The van der Waals surface area contributed by atoms with E-state index in [4.69, 9.17) is 4.52 Å². The second-order valence-electron chi connectivity index (χ2n) is 7.61. The Morgan fingerprint density at radius 3 is 2.80 bits per heavy atom. The van der Waals surface area contributed by atoms with Gasteiger partial charge in [0, 0.05) is 24.8 Å². The predicted molar refractivity (Wildman–Crippen MR) is 92.0 cm³/mol. The van der Waals surface area contributed by atoms with Crippen LogP contribution in [0.5, 0.6) is 0 Å². The summed E-state index contributed by atoms with van der Waals surface area (Å²) in [5, 5.41) is 4.04. The Bertz CT molecular complexity index is 792. The van der Waals surface area contributed by atoms with Crippen LogP contribution in [0, 0.1) is 0 Å². The molecule has 3 aliphatic carbocycles. The molecule has 1 heterocycles. The first-order valence-electron chi connectivity index (χ1n) is 9.51. The smallest absolute Gasteiger partial charge is 0.227 e. The van der Waals surface area contributed by atoms with E-state index in [-0.39, 0.29) is 11.9 Å². The molecule has 0 N–H and O–H groups in total.